The molecule has 0 saturated carbocycles. The van der Waals surface area contributed by atoms with Gasteiger partial charge < -0.3 is 0 Å². The molecule has 18 heavy (non-hydrogen) atoms. The third kappa shape index (κ3) is 2.83. The fraction of sp³-hybridized carbons (Fsp3) is 0.389. The molecule has 0 amide bonds. The van der Waals surface area contributed by atoms with E-state index in [1.54, 1.807) is 0 Å². The lowest BCUT2D eigenvalue weighted by molar-refractivity contribution is 0.488. The summed E-state index contributed by atoms with van der Waals surface area (Å²) in [6.07, 6.45) is 17.1. The lowest BCUT2D eigenvalue weighted by Gasteiger charge is -2.26. The Bertz CT molecular complexity index is 476. The van der Waals surface area contributed by atoms with Crippen LogP contribution in [0.1, 0.15) is 33.1 Å². The SMILES string of the molecule is C=C=C1C=CC1C[C@@H](CC)C1=CCC=C(C)C=C1. The van der Waals surface area contributed by atoms with Crippen LogP contribution in [0.3, 0.4) is 0 Å². The van der Waals surface area contributed by atoms with E-state index in [1.165, 1.54) is 29.6 Å². The predicted molar refractivity (Wildman–Crippen MR) is 79.3 cm³/mol. The summed E-state index contributed by atoms with van der Waals surface area (Å²) in [7, 11) is 0. The van der Waals surface area contributed by atoms with Gasteiger partial charge in [0, 0.05) is 5.92 Å². The molecule has 0 saturated heterocycles. The second kappa shape index (κ2) is 5.89. The summed E-state index contributed by atoms with van der Waals surface area (Å²) in [6, 6.07) is 0. The first-order chi connectivity index (χ1) is 8.74. The van der Waals surface area contributed by atoms with Crippen molar-refractivity contribution in [1.29, 1.82) is 0 Å². The highest BCUT2D eigenvalue weighted by Crippen LogP contribution is 2.34. The maximum atomic E-state index is 3.75. The van der Waals surface area contributed by atoms with Crippen LogP contribution in [0, 0.1) is 11.8 Å². The van der Waals surface area contributed by atoms with Gasteiger partial charge in [-0.15, -0.1) is 5.73 Å². The quantitative estimate of drug-likeness (QED) is 0.595. The predicted octanol–water partition coefficient (Wildman–Crippen LogP) is 5.13. The highest BCUT2D eigenvalue weighted by atomic mass is 14.3. The summed E-state index contributed by atoms with van der Waals surface area (Å²) in [5, 5.41) is 0. The van der Waals surface area contributed by atoms with Crippen molar-refractivity contribution in [3.05, 3.63) is 65.5 Å². The molecule has 0 fully saturated rings. The van der Waals surface area contributed by atoms with E-state index in [2.05, 4.69) is 62.6 Å². The molecule has 0 nitrogen and oxygen atoms in total. The zero-order valence-corrected chi connectivity index (χ0v) is 11.4. The molecule has 2 aliphatic carbocycles. The molecule has 0 aromatic heterocycles. The van der Waals surface area contributed by atoms with E-state index in [-0.39, 0.29) is 0 Å². The highest BCUT2D eigenvalue weighted by molar-refractivity contribution is 5.37. The summed E-state index contributed by atoms with van der Waals surface area (Å²) < 4.78 is 0. The fourth-order valence-electron chi connectivity index (χ4n) is 2.62. The van der Waals surface area contributed by atoms with Gasteiger partial charge in [-0.2, -0.15) is 0 Å². The maximum absolute atomic E-state index is 3.75. The van der Waals surface area contributed by atoms with E-state index in [0.717, 1.165) is 6.42 Å². The van der Waals surface area contributed by atoms with Gasteiger partial charge in [0.2, 0.25) is 0 Å². The lowest BCUT2D eigenvalue weighted by Crippen LogP contribution is -2.14. The Hall–Kier alpha value is -1.52. The molecule has 2 aliphatic rings. The van der Waals surface area contributed by atoms with Gasteiger partial charge in [-0.3, -0.25) is 0 Å². The molecule has 0 heteroatoms. The van der Waals surface area contributed by atoms with Crippen LogP contribution in [-0.4, -0.2) is 0 Å². The minimum atomic E-state index is 0.569. The molecule has 0 N–H and O–H groups in total. The molecular formula is C18H22. The van der Waals surface area contributed by atoms with Crippen molar-refractivity contribution in [2.75, 3.05) is 0 Å². The molecule has 0 aliphatic heterocycles. The van der Waals surface area contributed by atoms with E-state index in [9.17, 15) is 0 Å². The van der Waals surface area contributed by atoms with Gasteiger partial charge in [0.25, 0.3) is 0 Å². The highest BCUT2D eigenvalue weighted by Gasteiger charge is 2.22. The van der Waals surface area contributed by atoms with Gasteiger partial charge in [-0.1, -0.05) is 55.5 Å². The Kier molecular flexibility index (Phi) is 4.23. The second-order valence-corrected chi connectivity index (χ2v) is 5.16. The van der Waals surface area contributed by atoms with Crippen molar-refractivity contribution >= 4 is 0 Å². The lowest BCUT2D eigenvalue weighted by atomic mass is 9.78. The van der Waals surface area contributed by atoms with Gasteiger partial charge in [0.15, 0.2) is 0 Å². The summed E-state index contributed by atoms with van der Waals surface area (Å²) in [6.45, 7) is 8.20. The Morgan fingerprint density at radius 1 is 1.33 bits per heavy atom. The Balaban J connectivity index is 2.06. The topological polar surface area (TPSA) is 0 Å². The van der Waals surface area contributed by atoms with Crippen LogP contribution >= 0.6 is 0 Å². The average molecular weight is 238 g/mol. The third-order valence-electron chi connectivity index (χ3n) is 3.95. The number of hydrogen-bond acceptors (Lipinski definition) is 0. The van der Waals surface area contributed by atoms with Crippen LogP contribution in [0.15, 0.2) is 65.5 Å². The van der Waals surface area contributed by atoms with E-state index >= 15 is 0 Å². The van der Waals surface area contributed by atoms with E-state index in [0.29, 0.717) is 11.8 Å². The van der Waals surface area contributed by atoms with Crippen molar-refractivity contribution in [3.8, 4) is 0 Å². The second-order valence-electron chi connectivity index (χ2n) is 5.16. The van der Waals surface area contributed by atoms with E-state index in [1.807, 2.05) is 0 Å². The summed E-state index contributed by atoms with van der Waals surface area (Å²) in [4.78, 5) is 0. The number of hydrogen-bond donors (Lipinski definition) is 0. The molecule has 0 heterocycles. The minimum Gasteiger partial charge on any atom is -0.125 e. The van der Waals surface area contributed by atoms with Crippen molar-refractivity contribution in [2.45, 2.75) is 33.1 Å². The molecule has 0 aromatic carbocycles. The van der Waals surface area contributed by atoms with Crippen LogP contribution in [0.25, 0.3) is 0 Å². The smallest absolute Gasteiger partial charge is 0.0100 e. The van der Waals surface area contributed by atoms with Crippen molar-refractivity contribution in [1.82, 2.24) is 0 Å². The molecule has 2 rings (SSSR count). The normalized spacial score (nSPS) is 23.7. The van der Waals surface area contributed by atoms with Crippen LogP contribution in [-0.2, 0) is 0 Å². The van der Waals surface area contributed by atoms with E-state index in [4.69, 9.17) is 0 Å². The number of allylic oxidation sites excluding steroid dienone is 9. The average Bonchev–Trinajstić information content (AvgIpc) is 2.55. The standard InChI is InChI=1S/C18H22/c1-4-15-11-12-18(15)13-16(5-2)17-8-6-7-14(3)9-10-17/h7-12,16,18H,1,5-6,13H2,2-3H3/t16-,18?/m1/s1. The number of rotatable bonds is 4. The largest absolute Gasteiger partial charge is 0.125 e. The van der Waals surface area contributed by atoms with Gasteiger partial charge in [0.05, 0.1) is 0 Å². The summed E-state index contributed by atoms with van der Waals surface area (Å²) in [5.74, 6) is 1.22. The third-order valence-corrected chi connectivity index (χ3v) is 3.95. The van der Waals surface area contributed by atoms with Crippen molar-refractivity contribution in [2.24, 2.45) is 11.8 Å². The zero-order chi connectivity index (χ0) is 13.0. The first-order valence-electron chi connectivity index (χ1n) is 6.87. The van der Waals surface area contributed by atoms with Gasteiger partial charge in [-0.05, 0) is 43.3 Å². The Morgan fingerprint density at radius 2 is 2.17 bits per heavy atom. The Labute approximate surface area is 111 Å². The zero-order valence-electron chi connectivity index (χ0n) is 11.4. The molecule has 1 unspecified atom stereocenters. The molecule has 2 atom stereocenters. The van der Waals surface area contributed by atoms with Gasteiger partial charge in [0.1, 0.15) is 0 Å². The molecule has 0 radical (unpaired) electrons. The van der Waals surface area contributed by atoms with Crippen LogP contribution < -0.4 is 0 Å². The first kappa shape index (κ1) is 12.9. The molecule has 0 spiro atoms. The van der Waals surface area contributed by atoms with Gasteiger partial charge >= 0.3 is 0 Å². The molecule has 0 bridgehead atoms. The summed E-state index contributed by atoms with van der Waals surface area (Å²) in [5.41, 5.74) is 7.18. The van der Waals surface area contributed by atoms with Crippen LogP contribution in [0.4, 0.5) is 0 Å². The monoisotopic (exact) mass is 238 g/mol. The van der Waals surface area contributed by atoms with Crippen LogP contribution in [0.2, 0.25) is 0 Å². The van der Waals surface area contributed by atoms with Crippen LogP contribution in [0.5, 0.6) is 0 Å². The maximum Gasteiger partial charge on any atom is 0.0100 e. The minimum absolute atomic E-state index is 0.569. The molecular weight excluding hydrogens is 216 g/mol. The molecule has 94 valence electrons. The van der Waals surface area contributed by atoms with Gasteiger partial charge in [-0.25, -0.2) is 0 Å². The first-order valence-corrected chi connectivity index (χ1v) is 6.87. The summed E-state index contributed by atoms with van der Waals surface area (Å²) >= 11 is 0. The van der Waals surface area contributed by atoms with Crippen molar-refractivity contribution in [3.63, 3.8) is 0 Å². The molecule has 0 aromatic rings. The van der Waals surface area contributed by atoms with Crippen molar-refractivity contribution < 1.29 is 0 Å². The fourth-order valence-corrected chi connectivity index (χ4v) is 2.62. The van der Waals surface area contributed by atoms with E-state index < -0.39 is 0 Å². The Morgan fingerprint density at radius 3 is 2.78 bits per heavy atom.